The van der Waals surface area contributed by atoms with Crippen LogP contribution in [0.3, 0.4) is 0 Å². The Kier molecular flexibility index (Phi) is 50.0. The molecule has 372 valence electrons. The van der Waals surface area contributed by atoms with Gasteiger partial charge in [-0.2, -0.15) is 0 Å². The SMILES string of the molecule is CC\C=C/C=C\C=C/CCCCCCCC(=O)OCC(COC(=O)CCCCCCCCCCCC/C=C\C=C/CCCCC)OC(=O)CC/C=C\C/C=C\C/C=C\C/C=C\C/C=C\CC. The van der Waals surface area contributed by atoms with E-state index in [1.54, 1.807) is 0 Å². The highest BCUT2D eigenvalue weighted by atomic mass is 16.6. The topological polar surface area (TPSA) is 78.9 Å². The summed E-state index contributed by atoms with van der Waals surface area (Å²) in [6, 6.07) is 0. The van der Waals surface area contributed by atoms with Crippen LogP contribution in [0.5, 0.6) is 0 Å². The first kappa shape index (κ1) is 61.8. The van der Waals surface area contributed by atoms with Crippen LogP contribution < -0.4 is 0 Å². The van der Waals surface area contributed by atoms with Crippen molar-refractivity contribution in [1.29, 1.82) is 0 Å². The Bertz CT molecular complexity index is 1420. The van der Waals surface area contributed by atoms with Gasteiger partial charge in [0.15, 0.2) is 6.10 Å². The van der Waals surface area contributed by atoms with Gasteiger partial charge in [0, 0.05) is 19.3 Å². The van der Waals surface area contributed by atoms with E-state index < -0.39 is 12.1 Å². The summed E-state index contributed by atoms with van der Waals surface area (Å²) in [5.41, 5.74) is 0. The molecule has 0 aliphatic carbocycles. The lowest BCUT2D eigenvalue weighted by molar-refractivity contribution is -0.166. The molecular weight excluding hydrogens is 817 g/mol. The predicted molar refractivity (Wildman–Crippen MR) is 283 cm³/mol. The lowest BCUT2D eigenvalue weighted by atomic mass is 10.1. The van der Waals surface area contributed by atoms with E-state index in [1.165, 1.54) is 77.0 Å². The Labute approximate surface area is 405 Å². The van der Waals surface area contributed by atoms with Gasteiger partial charge in [0.2, 0.25) is 0 Å². The monoisotopic (exact) mass is 913 g/mol. The van der Waals surface area contributed by atoms with E-state index in [9.17, 15) is 14.4 Å². The van der Waals surface area contributed by atoms with Gasteiger partial charge in [-0.3, -0.25) is 14.4 Å². The minimum atomic E-state index is -0.831. The van der Waals surface area contributed by atoms with Crippen LogP contribution in [0, 0.1) is 0 Å². The summed E-state index contributed by atoms with van der Waals surface area (Å²) in [5, 5.41) is 0. The first-order chi connectivity index (χ1) is 32.5. The Morgan fingerprint density at radius 2 is 0.697 bits per heavy atom. The lowest BCUT2D eigenvalue weighted by Crippen LogP contribution is -2.30. The number of allylic oxidation sites excluding steroid dienone is 20. The Morgan fingerprint density at radius 1 is 0.333 bits per heavy atom. The van der Waals surface area contributed by atoms with Gasteiger partial charge in [-0.05, 0) is 96.3 Å². The van der Waals surface area contributed by atoms with Crippen LogP contribution in [-0.4, -0.2) is 37.2 Å². The molecule has 6 heteroatoms. The van der Waals surface area contributed by atoms with Crippen molar-refractivity contribution in [2.75, 3.05) is 13.2 Å². The maximum Gasteiger partial charge on any atom is 0.306 e. The number of hydrogen-bond acceptors (Lipinski definition) is 6. The molecule has 0 radical (unpaired) electrons. The first-order valence-electron chi connectivity index (χ1n) is 26.6. The lowest BCUT2D eigenvalue weighted by Gasteiger charge is -2.18. The number of carbonyl (C=O) groups is 3. The highest BCUT2D eigenvalue weighted by Crippen LogP contribution is 2.14. The van der Waals surface area contributed by atoms with E-state index in [4.69, 9.17) is 14.2 Å². The molecule has 0 N–H and O–H groups in total. The van der Waals surface area contributed by atoms with Gasteiger partial charge < -0.3 is 14.2 Å². The molecular formula is C60H96O6. The average molecular weight is 913 g/mol. The van der Waals surface area contributed by atoms with Crippen molar-refractivity contribution < 1.29 is 28.6 Å². The zero-order valence-corrected chi connectivity index (χ0v) is 42.4. The molecule has 0 spiro atoms. The zero-order chi connectivity index (χ0) is 47.9. The summed E-state index contributed by atoms with van der Waals surface area (Å²) in [7, 11) is 0. The molecule has 0 heterocycles. The Balaban J connectivity index is 4.51. The molecule has 0 fully saturated rings. The van der Waals surface area contributed by atoms with E-state index in [1.807, 2.05) is 12.2 Å². The number of unbranched alkanes of at least 4 members (excludes halogenated alkanes) is 18. The average Bonchev–Trinajstić information content (AvgIpc) is 3.31. The molecule has 0 aromatic rings. The number of ether oxygens (including phenoxy) is 3. The van der Waals surface area contributed by atoms with Crippen LogP contribution in [0.25, 0.3) is 0 Å². The fourth-order valence-corrected chi connectivity index (χ4v) is 6.83. The second kappa shape index (κ2) is 53.4. The molecule has 0 saturated heterocycles. The third-order valence-corrected chi connectivity index (χ3v) is 10.8. The van der Waals surface area contributed by atoms with Crippen molar-refractivity contribution in [2.24, 2.45) is 0 Å². The fraction of sp³-hybridized carbons (Fsp3) is 0.617. The van der Waals surface area contributed by atoms with Gasteiger partial charge in [0.05, 0.1) is 0 Å². The molecule has 1 atom stereocenters. The largest absolute Gasteiger partial charge is 0.462 e. The second-order valence-corrected chi connectivity index (χ2v) is 17.1. The number of rotatable bonds is 46. The Hall–Kier alpha value is -4.19. The summed E-state index contributed by atoms with van der Waals surface area (Å²) in [5.74, 6) is -1.03. The normalized spacial score (nSPS) is 13.1. The summed E-state index contributed by atoms with van der Waals surface area (Å²) in [6.07, 6.45) is 73.4. The van der Waals surface area contributed by atoms with Crippen LogP contribution in [0.2, 0.25) is 0 Å². The summed E-state index contributed by atoms with van der Waals surface area (Å²) in [4.78, 5) is 38.0. The maximum atomic E-state index is 12.8. The molecule has 0 aromatic heterocycles. The predicted octanol–water partition coefficient (Wildman–Crippen LogP) is 17.7. The minimum Gasteiger partial charge on any atom is -0.462 e. The van der Waals surface area contributed by atoms with E-state index >= 15 is 0 Å². The van der Waals surface area contributed by atoms with Gasteiger partial charge in [-0.15, -0.1) is 0 Å². The van der Waals surface area contributed by atoms with Gasteiger partial charge in [-0.1, -0.05) is 226 Å². The van der Waals surface area contributed by atoms with Crippen LogP contribution in [-0.2, 0) is 28.6 Å². The molecule has 1 unspecified atom stereocenters. The molecule has 0 aliphatic heterocycles. The molecule has 0 amide bonds. The molecule has 0 aromatic carbocycles. The van der Waals surface area contributed by atoms with Crippen LogP contribution in [0.15, 0.2) is 122 Å². The van der Waals surface area contributed by atoms with Crippen LogP contribution in [0.1, 0.15) is 220 Å². The highest BCUT2D eigenvalue weighted by molar-refractivity contribution is 5.71. The minimum absolute atomic E-state index is 0.119. The molecule has 66 heavy (non-hydrogen) atoms. The number of esters is 3. The van der Waals surface area contributed by atoms with Gasteiger partial charge in [-0.25, -0.2) is 0 Å². The fourth-order valence-electron chi connectivity index (χ4n) is 6.83. The van der Waals surface area contributed by atoms with Gasteiger partial charge in [0.1, 0.15) is 13.2 Å². The van der Waals surface area contributed by atoms with Gasteiger partial charge in [0.25, 0.3) is 0 Å². The van der Waals surface area contributed by atoms with Crippen molar-refractivity contribution in [3.63, 3.8) is 0 Å². The van der Waals surface area contributed by atoms with E-state index in [2.05, 4.69) is 130 Å². The maximum absolute atomic E-state index is 12.8. The van der Waals surface area contributed by atoms with Gasteiger partial charge >= 0.3 is 17.9 Å². The van der Waals surface area contributed by atoms with Crippen molar-refractivity contribution in [1.82, 2.24) is 0 Å². The third-order valence-electron chi connectivity index (χ3n) is 10.8. The van der Waals surface area contributed by atoms with Crippen molar-refractivity contribution in [3.8, 4) is 0 Å². The van der Waals surface area contributed by atoms with E-state index in [-0.39, 0.29) is 31.6 Å². The summed E-state index contributed by atoms with van der Waals surface area (Å²) < 4.78 is 16.7. The van der Waals surface area contributed by atoms with E-state index in [0.29, 0.717) is 19.3 Å². The second-order valence-electron chi connectivity index (χ2n) is 17.1. The van der Waals surface area contributed by atoms with Crippen molar-refractivity contribution >= 4 is 17.9 Å². The molecule has 0 rings (SSSR count). The number of hydrogen-bond donors (Lipinski definition) is 0. The highest BCUT2D eigenvalue weighted by Gasteiger charge is 2.19. The van der Waals surface area contributed by atoms with E-state index in [0.717, 1.165) is 96.3 Å². The number of carbonyl (C=O) groups excluding carboxylic acids is 3. The molecule has 6 nitrogen and oxygen atoms in total. The summed E-state index contributed by atoms with van der Waals surface area (Å²) in [6.45, 7) is 6.27. The molecule has 0 bridgehead atoms. The van der Waals surface area contributed by atoms with Crippen molar-refractivity contribution in [2.45, 2.75) is 226 Å². The molecule has 0 saturated carbocycles. The molecule has 0 aliphatic rings. The smallest absolute Gasteiger partial charge is 0.306 e. The quantitative estimate of drug-likeness (QED) is 0.0199. The van der Waals surface area contributed by atoms with Crippen LogP contribution >= 0.6 is 0 Å². The summed E-state index contributed by atoms with van der Waals surface area (Å²) >= 11 is 0. The van der Waals surface area contributed by atoms with Crippen molar-refractivity contribution in [3.05, 3.63) is 122 Å². The Morgan fingerprint density at radius 3 is 1.14 bits per heavy atom. The van der Waals surface area contributed by atoms with Crippen LogP contribution in [0.4, 0.5) is 0 Å². The first-order valence-corrected chi connectivity index (χ1v) is 26.6. The third kappa shape index (κ3) is 50.8. The standard InChI is InChI=1S/C60H96O6/c1-4-7-10-13-16-19-22-25-27-29-30-31-33-35-38-41-44-47-50-53-59(62)65-56-57(55-64-58(61)52-49-46-43-40-37-34-24-21-18-15-12-9-6-3)66-60(63)54-51-48-45-42-39-36-32-28-26-23-20-17-14-11-8-5-2/h8-9,11-12,15-22,24-26,28,36,39,45,48,57H,4-7,10,13-14,23,27,29-35,37-38,40-44,46-47,49-56H2,1-3H3/b11-8-,12-9-,18-15-,19-16-,20-17-,24-21-,25-22-,28-26-,39-36-,48-45-. The zero-order valence-electron chi connectivity index (χ0n) is 42.4.